The minimum absolute atomic E-state index is 0.212. The highest BCUT2D eigenvalue weighted by molar-refractivity contribution is 5.66. The van der Waals surface area contributed by atoms with Crippen molar-refractivity contribution in [2.45, 2.75) is 6.92 Å². The number of nitrogens with zero attached hydrogens (tertiary/aromatic N) is 2. The quantitative estimate of drug-likeness (QED) is 0.764. The number of halogens is 1. The molecule has 1 aromatic carbocycles. The number of allylic oxidation sites excluding steroid dienone is 1. The Balaban J connectivity index is 2.34. The Bertz CT molecular complexity index is 489. The first-order chi connectivity index (χ1) is 7.81. The fourth-order valence-corrected chi connectivity index (χ4v) is 1.44. The monoisotopic (exact) mass is 214 g/mol. The highest BCUT2D eigenvalue weighted by Gasteiger charge is 2.00. The molecule has 2 nitrogen and oxygen atoms in total. The first-order valence-corrected chi connectivity index (χ1v) is 4.99. The number of rotatable bonds is 2. The molecule has 0 aliphatic rings. The highest BCUT2D eigenvalue weighted by atomic mass is 19.1. The van der Waals surface area contributed by atoms with E-state index >= 15 is 0 Å². The Kier molecular flexibility index (Phi) is 3.05. The fourth-order valence-electron chi connectivity index (χ4n) is 1.44. The summed E-state index contributed by atoms with van der Waals surface area (Å²) >= 11 is 0. The summed E-state index contributed by atoms with van der Waals surface area (Å²) in [5, 5.41) is 0. The molecule has 1 heterocycles. The Morgan fingerprint density at radius 2 is 1.69 bits per heavy atom. The van der Waals surface area contributed by atoms with Crippen LogP contribution in [0.2, 0.25) is 0 Å². The van der Waals surface area contributed by atoms with E-state index in [-0.39, 0.29) is 5.83 Å². The minimum Gasteiger partial charge on any atom is -0.244 e. The van der Waals surface area contributed by atoms with Crippen LogP contribution >= 0.6 is 0 Å². The Morgan fingerprint density at radius 3 is 2.25 bits per heavy atom. The molecule has 0 saturated heterocycles. The molecular formula is C13H11FN2. The molecular weight excluding hydrogens is 203 g/mol. The van der Waals surface area contributed by atoms with Crippen molar-refractivity contribution in [2.75, 3.05) is 0 Å². The van der Waals surface area contributed by atoms with Crippen LogP contribution in [0.1, 0.15) is 12.5 Å². The predicted octanol–water partition coefficient (Wildman–Crippen LogP) is 3.47. The molecule has 80 valence electrons. The second kappa shape index (κ2) is 4.66. The number of hydrogen-bond donors (Lipinski definition) is 0. The van der Waals surface area contributed by atoms with Gasteiger partial charge >= 0.3 is 0 Å². The van der Waals surface area contributed by atoms with Gasteiger partial charge in [0.1, 0.15) is 12.2 Å². The van der Waals surface area contributed by atoms with Gasteiger partial charge in [-0.2, -0.15) is 0 Å². The molecule has 0 radical (unpaired) electrons. The standard InChI is InChI=1S/C13H11FN2/c1-2-13(14)11-5-3-10(4-6-11)12-7-15-9-16-8-12/h2-9H,1H3/b13-2+. The third kappa shape index (κ3) is 2.14. The Hall–Kier alpha value is -2.03. The van der Waals surface area contributed by atoms with E-state index in [1.54, 1.807) is 31.5 Å². The van der Waals surface area contributed by atoms with Crippen LogP contribution in [0.4, 0.5) is 4.39 Å². The molecule has 0 amide bonds. The lowest BCUT2D eigenvalue weighted by molar-refractivity contribution is 0.758. The van der Waals surface area contributed by atoms with Crippen molar-refractivity contribution in [3.8, 4) is 11.1 Å². The lowest BCUT2D eigenvalue weighted by Gasteiger charge is -2.01. The van der Waals surface area contributed by atoms with Crippen LogP contribution < -0.4 is 0 Å². The summed E-state index contributed by atoms with van der Waals surface area (Å²) in [6, 6.07) is 7.21. The molecule has 0 bridgehead atoms. The predicted molar refractivity (Wildman–Crippen MR) is 62.2 cm³/mol. The second-order valence-corrected chi connectivity index (χ2v) is 3.34. The SMILES string of the molecule is C/C=C(/F)c1ccc(-c2cncnc2)cc1. The van der Waals surface area contributed by atoms with Gasteiger partial charge in [0.25, 0.3) is 0 Å². The van der Waals surface area contributed by atoms with Gasteiger partial charge in [0.05, 0.1) is 0 Å². The number of benzene rings is 1. The van der Waals surface area contributed by atoms with E-state index in [2.05, 4.69) is 9.97 Å². The zero-order valence-electron chi connectivity index (χ0n) is 8.89. The topological polar surface area (TPSA) is 25.8 Å². The van der Waals surface area contributed by atoms with Crippen molar-refractivity contribution >= 4 is 5.83 Å². The molecule has 0 aliphatic carbocycles. The van der Waals surface area contributed by atoms with E-state index < -0.39 is 0 Å². The third-order valence-corrected chi connectivity index (χ3v) is 2.31. The van der Waals surface area contributed by atoms with Crippen LogP contribution in [0.3, 0.4) is 0 Å². The zero-order valence-corrected chi connectivity index (χ0v) is 8.89. The molecule has 1 aromatic heterocycles. The van der Waals surface area contributed by atoms with Crippen molar-refractivity contribution in [1.29, 1.82) is 0 Å². The summed E-state index contributed by atoms with van der Waals surface area (Å²) in [6.07, 6.45) is 6.39. The van der Waals surface area contributed by atoms with Gasteiger partial charge in [0, 0.05) is 23.5 Å². The number of hydrogen-bond acceptors (Lipinski definition) is 2. The van der Waals surface area contributed by atoms with E-state index in [9.17, 15) is 4.39 Å². The maximum absolute atomic E-state index is 13.2. The molecule has 0 atom stereocenters. The van der Waals surface area contributed by atoms with Gasteiger partial charge in [0.15, 0.2) is 0 Å². The largest absolute Gasteiger partial charge is 0.244 e. The molecule has 2 rings (SSSR count). The minimum atomic E-state index is -0.212. The molecule has 0 spiro atoms. The van der Waals surface area contributed by atoms with Crippen molar-refractivity contribution in [3.63, 3.8) is 0 Å². The van der Waals surface area contributed by atoms with Crippen LogP contribution in [0.5, 0.6) is 0 Å². The summed E-state index contributed by atoms with van der Waals surface area (Å²) < 4.78 is 13.2. The highest BCUT2D eigenvalue weighted by Crippen LogP contribution is 2.21. The van der Waals surface area contributed by atoms with E-state index in [1.165, 1.54) is 12.4 Å². The molecule has 0 unspecified atom stereocenters. The second-order valence-electron chi connectivity index (χ2n) is 3.34. The lowest BCUT2D eigenvalue weighted by Crippen LogP contribution is -1.83. The smallest absolute Gasteiger partial charge is 0.126 e. The summed E-state index contributed by atoms with van der Waals surface area (Å²) in [5.41, 5.74) is 2.49. The molecule has 0 N–H and O–H groups in total. The van der Waals surface area contributed by atoms with Crippen molar-refractivity contribution < 1.29 is 4.39 Å². The summed E-state index contributed by atoms with van der Waals surface area (Å²) in [7, 11) is 0. The Labute approximate surface area is 93.5 Å². The summed E-state index contributed by atoms with van der Waals surface area (Å²) in [4.78, 5) is 7.88. The average Bonchev–Trinajstić information content (AvgIpc) is 2.39. The molecule has 0 aliphatic heterocycles. The van der Waals surface area contributed by atoms with Gasteiger partial charge in [-0.25, -0.2) is 14.4 Å². The maximum atomic E-state index is 13.2. The van der Waals surface area contributed by atoms with E-state index in [0.717, 1.165) is 11.1 Å². The van der Waals surface area contributed by atoms with Gasteiger partial charge in [-0.05, 0) is 12.5 Å². The van der Waals surface area contributed by atoms with Crippen molar-refractivity contribution in [3.05, 3.63) is 54.6 Å². The number of aromatic nitrogens is 2. The van der Waals surface area contributed by atoms with Crippen molar-refractivity contribution in [1.82, 2.24) is 9.97 Å². The van der Waals surface area contributed by atoms with E-state index in [0.29, 0.717) is 5.56 Å². The summed E-state index contributed by atoms with van der Waals surface area (Å²) in [5.74, 6) is -0.212. The third-order valence-electron chi connectivity index (χ3n) is 2.31. The molecule has 0 fully saturated rings. The average molecular weight is 214 g/mol. The van der Waals surface area contributed by atoms with Crippen LogP contribution in [0.15, 0.2) is 49.1 Å². The first-order valence-electron chi connectivity index (χ1n) is 4.99. The van der Waals surface area contributed by atoms with Gasteiger partial charge in [-0.1, -0.05) is 30.3 Å². The van der Waals surface area contributed by atoms with Crippen LogP contribution in [0, 0.1) is 0 Å². The normalized spacial score (nSPS) is 11.5. The maximum Gasteiger partial charge on any atom is 0.126 e. The molecule has 0 saturated carbocycles. The fraction of sp³-hybridized carbons (Fsp3) is 0.0769. The molecule has 2 aromatic rings. The van der Waals surface area contributed by atoms with Gasteiger partial charge in [0.2, 0.25) is 0 Å². The van der Waals surface area contributed by atoms with Crippen molar-refractivity contribution in [2.24, 2.45) is 0 Å². The van der Waals surface area contributed by atoms with Gasteiger partial charge in [-0.3, -0.25) is 0 Å². The van der Waals surface area contributed by atoms with Crippen LogP contribution in [-0.2, 0) is 0 Å². The van der Waals surface area contributed by atoms with Crippen LogP contribution in [0.25, 0.3) is 17.0 Å². The summed E-state index contributed by atoms with van der Waals surface area (Å²) in [6.45, 7) is 1.67. The van der Waals surface area contributed by atoms with Gasteiger partial charge in [-0.15, -0.1) is 0 Å². The molecule has 3 heteroatoms. The van der Waals surface area contributed by atoms with E-state index in [1.807, 2.05) is 12.1 Å². The van der Waals surface area contributed by atoms with E-state index in [4.69, 9.17) is 0 Å². The zero-order chi connectivity index (χ0) is 11.4. The van der Waals surface area contributed by atoms with Gasteiger partial charge < -0.3 is 0 Å². The lowest BCUT2D eigenvalue weighted by atomic mass is 10.1. The Morgan fingerprint density at radius 1 is 1.06 bits per heavy atom. The molecule has 16 heavy (non-hydrogen) atoms. The van der Waals surface area contributed by atoms with Crippen LogP contribution in [-0.4, -0.2) is 9.97 Å². The first kappa shape index (κ1) is 10.5.